The molecule has 0 aromatic carbocycles. The van der Waals surface area contributed by atoms with Gasteiger partial charge in [-0.05, 0) is 19.3 Å². The first-order valence-corrected chi connectivity index (χ1v) is 8.10. The summed E-state index contributed by atoms with van der Waals surface area (Å²) in [6.45, 7) is 5.45. The Kier molecular flexibility index (Phi) is 8.38. The Morgan fingerprint density at radius 1 is 1.26 bits per heavy atom. The van der Waals surface area contributed by atoms with Gasteiger partial charge in [-0.3, -0.25) is 4.21 Å². The molecular formula is C12H24N2O4S. The van der Waals surface area contributed by atoms with Crippen molar-refractivity contribution >= 4 is 22.8 Å². The van der Waals surface area contributed by atoms with Crippen LogP contribution in [-0.4, -0.2) is 45.4 Å². The van der Waals surface area contributed by atoms with Gasteiger partial charge < -0.3 is 15.7 Å². The molecule has 0 aromatic heterocycles. The first kappa shape index (κ1) is 17.9. The van der Waals surface area contributed by atoms with Crippen molar-refractivity contribution in [1.29, 1.82) is 0 Å². The van der Waals surface area contributed by atoms with E-state index in [1.54, 1.807) is 20.1 Å². The highest BCUT2D eigenvalue weighted by molar-refractivity contribution is 7.84. The number of rotatable bonds is 8. The second kappa shape index (κ2) is 8.90. The minimum absolute atomic E-state index is 0.137. The highest BCUT2D eigenvalue weighted by Gasteiger charge is 2.25. The Labute approximate surface area is 116 Å². The maximum absolute atomic E-state index is 11.7. The van der Waals surface area contributed by atoms with E-state index in [1.165, 1.54) is 0 Å². The van der Waals surface area contributed by atoms with Gasteiger partial charge in [-0.15, -0.1) is 0 Å². The predicted octanol–water partition coefficient (Wildman–Crippen LogP) is 0.942. The van der Waals surface area contributed by atoms with Crippen LogP contribution in [0.2, 0.25) is 0 Å². The quantitative estimate of drug-likeness (QED) is 0.620. The summed E-state index contributed by atoms with van der Waals surface area (Å²) in [4.78, 5) is 22.7. The number of hydrogen-bond donors (Lipinski definition) is 3. The zero-order valence-electron chi connectivity index (χ0n) is 11.9. The molecule has 0 aliphatic carbocycles. The Bertz CT molecular complexity index is 336. The average molecular weight is 292 g/mol. The molecule has 2 amide bonds. The lowest BCUT2D eigenvalue weighted by atomic mass is 9.99. The molecule has 7 heteroatoms. The Morgan fingerprint density at radius 3 is 2.26 bits per heavy atom. The van der Waals surface area contributed by atoms with Crippen LogP contribution < -0.4 is 10.6 Å². The van der Waals surface area contributed by atoms with E-state index in [0.29, 0.717) is 18.6 Å². The van der Waals surface area contributed by atoms with Crippen molar-refractivity contribution in [1.82, 2.24) is 10.6 Å². The molecule has 4 atom stereocenters. The molecule has 2 unspecified atom stereocenters. The van der Waals surface area contributed by atoms with E-state index in [0.717, 1.165) is 0 Å². The largest absolute Gasteiger partial charge is 0.480 e. The van der Waals surface area contributed by atoms with Crippen LogP contribution in [0.4, 0.5) is 4.79 Å². The van der Waals surface area contributed by atoms with Crippen LogP contribution in [0.1, 0.15) is 33.6 Å². The Balaban J connectivity index is 4.26. The number of carbonyl (C=O) groups is 2. The van der Waals surface area contributed by atoms with Gasteiger partial charge in [-0.25, -0.2) is 9.59 Å². The monoisotopic (exact) mass is 292 g/mol. The summed E-state index contributed by atoms with van der Waals surface area (Å²) in [5.74, 6) is -0.664. The van der Waals surface area contributed by atoms with E-state index >= 15 is 0 Å². The van der Waals surface area contributed by atoms with Crippen molar-refractivity contribution in [3.63, 3.8) is 0 Å². The van der Waals surface area contributed by atoms with Gasteiger partial charge in [0.15, 0.2) is 0 Å². The van der Waals surface area contributed by atoms with E-state index < -0.39 is 28.8 Å². The summed E-state index contributed by atoms with van der Waals surface area (Å²) in [5.41, 5.74) is 0. The van der Waals surface area contributed by atoms with Crippen LogP contribution in [0.25, 0.3) is 0 Å². The molecule has 0 aliphatic heterocycles. The van der Waals surface area contributed by atoms with Gasteiger partial charge in [0.25, 0.3) is 0 Å². The number of aliphatic carboxylic acids is 1. The van der Waals surface area contributed by atoms with Gasteiger partial charge in [0.05, 0.1) is 0 Å². The smallest absolute Gasteiger partial charge is 0.326 e. The van der Waals surface area contributed by atoms with Gasteiger partial charge in [0, 0.05) is 28.9 Å². The fourth-order valence-electron chi connectivity index (χ4n) is 1.50. The van der Waals surface area contributed by atoms with Crippen molar-refractivity contribution in [3.8, 4) is 0 Å². The van der Waals surface area contributed by atoms with Crippen LogP contribution >= 0.6 is 0 Å². The number of nitrogens with one attached hydrogen (secondary N) is 2. The molecule has 0 heterocycles. The third-order valence-corrected chi connectivity index (χ3v) is 3.79. The van der Waals surface area contributed by atoms with Gasteiger partial charge in [-0.2, -0.15) is 0 Å². The number of urea groups is 1. The van der Waals surface area contributed by atoms with Crippen molar-refractivity contribution < 1.29 is 18.9 Å². The lowest BCUT2D eigenvalue weighted by Gasteiger charge is -2.22. The molecule has 0 aliphatic rings. The van der Waals surface area contributed by atoms with Crippen LogP contribution in [0.15, 0.2) is 0 Å². The maximum atomic E-state index is 11.7. The lowest BCUT2D eigenvalue weighted by Crippen LogP contribution is -2.51. The van der Waals surface area contributed by atoms with E-state index in [2.05, 4.69) is 10.6 Å². The zero-order valence-corrected chi connectivity index (χ0v) is 12.8. The molecular weight excluding hydrogens is 268 g/mol. The van der Waals surface area contributed by atoms with E-state index in [-0.39, 0.29) is 12.0 Å². The van der Waals surface area contributed by atoms with E-state index in [9.17, 15) is 13.8 Å². The number of carboxylic acid groups (broad SMARTS) is 1. The Morgan fingerprint density at radius 2 is 1.84 bits per heavy atom. The van der Waals surface area contributed by atoms with Gasteiger partial charge in [-0.1, -0.05) is 20.3 Å². The number of hydrogen-bond acceptors (Lipinski definition) is 3. The molecule has 0 rings (SSSR count). The number of carbonyl (C=O) groups excluding carboxylic acids is 1. The van der Waals surface area contributed by atoms with Crippen LogP contribution in [0.3, 0.4) is 0 Å². The molecule has 0 bridgehead atoms. The van der Waals surface area contributed by atoms with Crippen molar-refractivity contribution in [2.75, 3.05) is 12.0 Å². The zero-order chi connectivity index (χ0) is 15.0. The summed E-state index contributed by atoms with van der Waals surface area (Å²) < 4.78 is 10.9. The molecule has 0 saturated heterocycles. The summed E-state index contributed by atoms with van der Waals surface area (Å²) >= 11 is 0. The topological polar surface area (TPSA) is 95.5 Å². The van der Waals surface area contributed by atoms with Crippen LogP contribution in [0.5, 0.6) is 0 Å². The first-order valence-electron chi connectivity index (χ1n) is 6.37. The van der Waals surface area contributed by atoms with Crippen molar-refractivity contribution in [3.05, 3.63) is 0 Å². The second-order valence-electron chi connectivity index (χ2n) is 4.79. The molecule has 0 radical (unpaired) electrons. The molecule has 112 valence electrons. The summed E-state index contributed by atoms with van der Waals surface area (Å²) in [6, 6.07) is -1.53. The van der Waals surface area contributed by atoms with E-state index in [1.807, 2.05) is 6.92 Å². The lowest BCUT2D eigenvalue weighted by molar-refractivity contribution is -0.140. The normalized spacial score (nSPS) is 17.1. The van der Waals surface area contributed by atoms with Crippen LogP contribution in [-0.2, 0) is 15.6 Å². The third-order valence-electron chi connectivity index (χ3n) is 2.98. The minimum atomic E-state index is -1.04. The van der Waals surface area contributed by atoms with Gasteiger partial charge in [0.1, 0.15) is 6.04 Å². The average Bonchev–Trinajstić information content (AvgIpc) is 2.32. The summed E-state index contributed by atoms with van der Waals surface area (Å²) in [6.07, 6.45) is 2.87. The highest BCUT2D eigenvalue weighted by Crippen LogP contribution is 2.07. The molecule has 0 fully saturated rings. The van der Waals surface area contributed by atoms with Crippen molar-refractivity contribution in [2.24, 2.45) is 5.92 Å². The van der Waals surface area contributed by atoms with Gasteiger partial charge in [0.2, 0.25) is 0 Å². The standard InChI is InChI=1S/C12H24N2O4S/c1-5-8(2)10(11(15)16)14-12(17)13-9(3)6-7-19(4)18/h8-10H,5-7H2,1-4H3,(H,15,16)(H2,13,14,17)/t8-,9?,10-,19?/m0/s1. The summed E-state index contributed by atoms with van der Waals surface area (Å²) in [7, 11) is -0.894. The minimum Gasteiger partial charge on any atom is -0.480 e. The summed E-state index contributed by atoms with van der Waals surface area (Å²) in [5, 5.41) is 14.2. The second-order valence-corrected chi connectivity index (χ2v) is 6.34. The predicted molar refractivity (Wildman–Crippen MR) is 75.6 cm³/mol. The molecule has 19 heavy (non-hydrogen) atoms. The maximum Gasteiger partial charge on any atom is 0.326 e. The molecule has 3 N–H and O–H groups in total. The molecule has 0 spiro atoms. The molecule has 6 nitrogen and oxygen atoms in total. The van der Waals surface area contributed by atoms with Crippen LogP contribution in [0, 0.1) is 5.92 Å². The van der Waals surface area contributed by atoms with Crippen molar-refractivity contribution in [2.45, 2.75) is 45.7 Å². The molecule has 0 saturated carbocycles. The fraction of sp³-hybridized carbons (Fsp3) is 0.833. The fourth-order valence-corrected chi connectivity index (χ4v) is 2.19. The highest BCUT2D eigenvalue weighted by atomic mass is 32.2. The first-order chi connectivity index (χ1) is 8.77. The third kappa shape index (κ3) is 7.81. The SMILES string of the molecule is CC[C@H](C)[C@H](NC(=O)NC(C)CCS(C)=O)C(=O)O. The number of amides is 2. The molecule has 0 aromatic rings. The number of carboxylic acids is 1. The Hall–Kier alpha value is -1.11. The van der Waals surface area contributed by atoms with Gasteiger partial charge >= 0.3 is 12.0 Å². The van der Waals surface area contributed by atoms with E-state index in [4.69, 9.17) is 5.11 Å².